The van der Waals surface area contributed by atoms with Gasteiger partial charge in [0.2, 0.25) is 0 Å². The molecule has 1 atom stereocenters. The SMILES string of the molecule is C[C@@H](OC(=O)/C=C/c1cccc([N+](=O)[O-])c1)C(=O)NC1CCCC1. The predicted octanol–water partition coefficient (Wildman–Crippen LogP) is 2.60. The lowest BCUT2D eigenvalue weighted by Crippen LogP contribution is -2.40. The third kappa shape index (κ3) is 5.19. The van der Waals surface area contributed by atoms with E-state index in [1.54, 1.807) is 6.07 Å². The second-order valence-electron chi connectivity index (χ2n) is 5.75. The molecular weight excluding hydrogens is 312 g/mol. The summed E-state index contributed by atoms with van der Waals surface area (Å²) in [6.07, 6.45) is 5.80. The van der Waals surface area contributed by atoms with E-state index in [2.05, 4.69) is 5.32 Å². The van der Waals surface area contributed by atoms with Crippen molar-refractivity contribution in [2.24, 2.45) is 0 Å². The Hall–Kier alpha value is -2.70. The number of non-ortho nitro benzene ring substituents is 1. The number of esters is 1. The number of carbonyl (C=O) groups excluding carboxylic acids is 2. The number of nitrogens with zero attached hydrogens (tertiary/aromatic N) is 1. The van der Waals surface area contributed by atoms with Gasteiger partial charge in [0, 0.05) is 24.3 Å². The van der Waals surface area contributed by atoms with Gasteiger partial charge in [0.25, 0.3) is 11.6 Å². The number of hydrogen-bond donors (Lipinski definition) is 1. The molecule has 0 aromatic heterocycles. The molecule has 0 spiro atoms. The van der Waals surface area contributed by atoms with Gasteiger partial charge in [-0.05, 0) is 31.4 Å². The number of nitro groups is 1. The van der Waals surface area contributed by atoms with E-state index in [1.807, 2.05) is 0 Å². The highest BCUT2D eigenvalue weighted by atomic mass is 16.6. The van der Waals surface area contributed by atoms with Crippen LogP contribution in [0.4, 0.5) is 5.69 Å². The average molecular weight is 332 g/mol. The number of ether oxygens (including phenoxy) is 1. The first kappa shape index (κ1) is 17.7. The summed E-state index contributed by atoms with van der Waals surface area (Å²) >= 11 is 0. The van der Waals surface area contributed by atoms with Gasteiger partial charge >= 0.3 is 5.97 Å². The molecule has 0 unspecified atom stereocenters. The predicted molar refractivity (Wildman–Crippen MR) is 88.1 cm³/mol. The molecule has 0 saturated heterocycles. The summed E-state index contributed by atoms with van der Waals surface area (Å²) in [6.45, 7) is 1.52. The van der Waals surface area contributed by atoms with Crippen LogP contribution in [-0.4, -0.2) is 28.9 Å². The second-order valence-corrected chi connectivity index (χ2v) is 5.75. The van der Waals surface area contributed by atoms with Crippen molar-refractivity contribution in [1.82, 2.24) is 5.32 Å². The lowest BCUT2D eigenvalue weighted by Gasteiger charge is -2.16. The fourth-order valence-corrected chi connectivity index (χ4v) is 2.56. The molecule has 1 aromatic rings. The van der Waals surface area contributed by atoms with Crippen LogP contribution in [0.3, 0.4) is 0 Å². The first-order valence-corrected chi connectivity index (χ1v) is 7.89. The number of nitro benzene ring substituents is 1. The zero-order valence-corrected chi connectivity index (χ0v) is 13.4. The average Bonchev–Trinajstić information content (AvgIpc) is 3.06. The summed E-state index contributed by atoms with van der Waals surface area (Å²) in [5, 5.41) is 13.6. The molecule has 24 heavy (non-hydrogen) atoms. The van der Waals surface area contributed by atoms with Crippen LogP contribution in [0.25, 0.3) is 6.08 Å². The number of carbonyl (C=O) groups is 2. The molecule has 7 heteroatoms. The van der Waals surface area contributed by atoms with E-state index in [1.165, 1.54) is 31.2 Å². The molecule has 0 bridgehead atoms. The van der Waals surface area contributed by atoms with Gasteiger partial charge in [-0.1, -0.05) is 25.0 Å². The van der Waals surface area contributed by atoms with E-state index < -0.39 is 17.0 Å². The minimum absolute atomic E-state index is 0.0603. The third-order valence-corrected chi connectivity index (χ3v) is 3.86. The van der Waals surface area contributed by atoms with Crippen molar-refractivity contribution in [3.8, 4) is 0 Å². The van der Waals surface area contributed by atoms with Crippen molar-refractivity contribution < 1.29 is 19.2 Å². The number of rotatable bonds is 6. The van der Waals surface area contributed by atoms with Crippen LogP contribution in [0.15, 0.2) is 30.3 Å². The summed E-state index contributed by atoms with van der Waals surface area (Å²) in [5.74, 6) is -0.977. The summed E-state index contributed by atoms with van der Waals surface area (Å²) in [5.41, 5.74) is 0.444. The van der Waals surface area contributed by atoms with Crippen LogP contribution in [0.5, 0.6) is 0 Å². The van der Waals surface area contributed by atoms with Crippen molar-refractivity contribution in [2.45, 2.75) is 44.8 Å². The van der Waals surface area contributed by atoms with Crippen molar-refractivity contribution in [3.63, 3.8) is 0 Å². The number of benzene rings is 1. The van der Waals surface area contributed by atoms with E-state index in [9.17, 15) is 19.7 Å². The van der Waals surface area contributed by atoms with Crippen molar-refractivity contribution in [1.29, 1.82) is 0 Å². The van der Waals surface area contributed by atoms with Crippen LogP contribution >= 0.6 is 0 Å². The molecule has 0 aliphatic heterocycles. The van der Waals surface area contributed by atoms with E-state index in [4.69, 9.17) is 4.74 Å². The molecule has 128 valence electrons. The first-order chi connectivity index (χ1) is 11.5. The van der Waals surface area contributed by atoms with Crippen molar-refractivity contribution in [3.05, 3.63) is 46.0 Å². The first-order valence-electron chi connectivity index (χ1n) is 7.89. The smallest absolute Gasteiger partial charge is 0.331 e. The third-order valence-electron chi connectivity index (χ3n) is 3.86. The van der Waals surface area contributed by atoms with Gasteiger partial charge in [0.05, 0.1) is 4.92 Å². The van der Waals surface area contributed by atoms with Crippen LogP contribution in [0.1, 0.15) is 38.2 Å². The highest BCUT2D eigenvalue weighted by Crippen LogP contribution is 2.18. The highest BCUT2D eigenvalue weighted by Gasteiger charge is 2.22. The van der Waals surface area contributed by atoms with Gasteiger partial charge in [-0.3, -0.25) is 14.9 Å². The van der Waals surface area contributed by atoms with Crippen LogP contribution in [0.2, 0.25) is 0 Å². The Kier molecular flexibility index (Phi) is 6.06. The Morgan fingerprint density at radius 3 is 2.75 bits per heavy atom. The Balaban J connectivity index is 1.86. The summed E-state index contributed by atoms with van der Waals surface area (Å²) in [7, 11) is 0. The molecule has 0 radical (unpaired) electrons. The lowest BCUT2D eigenvalue weighted by molar-refractivity contribution is -0.384. The lowest BCUT2D eigenvalue weighted by atomic mass is 10.2. The standard InChI is InChI=1S/C17H20N2O5/c1-12(17(21)18-14-6-2-3-7-14)24-16(20)10-9-13-5-4-8-15(11-13)19(22)23/h4-5,8-12,14H,2-3,6-7H2,1H3,(H,18,21)/b10-9+/t12-/m1/s1. The maximum atomic E-state index is 11.9. The monoisotopic (exact) mass is 332 g/mol. The fourth-order valence-electron chi connectivity index (χ4n) is 2.56. The Labute approximate surface area is 139 Å². The quantitative estimate of drug-likeness (QED) is 0.374. The normalized spacial score (nSPS) is 16.0. The molecule has 1 aliphatic carbocycles. The summed E-state index contributed by atoms with van der Waals surface area (Å²) < 4.78 is 5.05. The Bertz CT molecular complexity index is 650. The van der Waals surface area contributed by atoms with Gasteiger partial charge < -0.3 is 10.1 Å². The highest BCUT2D eigenvalue weighted by molar-refractivity contribution is 5.90. The van der Waals surface area contributed by atoms with E-state index in [-0.39, 0.29) is 17.6 Å². The maximum Gasteiger partial charge on any atom is 0.331 e. The molecule has 1 N–H and O–H groups in total. The molecular formula is C17H20N2O5. The van der Waals surface area contributed by atoms with Crippen molar-refractivity contribution >= 4 is 23.6 Å². The number of amides is 1. The zero-order chi connectivity index (χ0) is 17.5. The van der Waals surface area contributed by atoms with Crippen LogP contribution < -0.4 is 5.32 Å². The molecule has 1 fully saturated rings. The molecule has 1 saturated carbocycles. The maximum absolute atomic E-state index is 11.9. The van der Waals surface area contributed by atoms with E-state index >= 15 is 0 Å². The molecule has 1 aliphatic rings. The summed E-state index contributed by atoms with van der Waals surface area (Å²) in [4.78, 5) is 33.9. The van der Waals surface area contributed by atoms with E-state index in [0.29, 0.717) is 5.56 Å². The van der Waals surface area contributed by atoms with E-state index in [0.717, 1.165) is 31.8 Å². The molecule has 7 nitrogen and oxygen atoms in total. The van der Waals surface area contributed by atoms with Gasteiger partial charge in [-0.15, -0.1) is 0 Å². The second kappa shape index (κ2) is 8.24. The minimum Gasteiger partial charge on any atom is -0.449 e. The Morgan fingerprint density at radius 2 is 2.08 bits per heavy atom. The van der Waals surface area contributed by atoms with Crippen molar-refractivity contribution in [2.75, 3.05) is 0 Å². The largest absolute Gasteiger partial charge is 0.449 e. The number of nitrogens with one attached hydrogen (secondary N) is 1. The molecule has 1 aromatic carbocycles. The van der Waals surface area contributed by atoms with Crippen LogP contribution in [-0.2, 0) is 14.3 Å². The topological polar surface area (TPSA) is 98.5 Å². The Morgan fingerprint density at radius 1 is 1.38 bits per heavy atom. The molecule has 1 amide bonds. The molecule has 2 rings (SSSR count). The zero-order valence-electron chi connectivity index (χ0n) is 13.4. The fraction of sp³-hybridized carbons (Fsp3) is 0.412. The van der Waals surface area contributed by atoms with Gasteiger partial charge in [0.1, 0.15) is 0 Å². The van der Waals surface area contributed by atoms with Gasteiger partial charge in [-0.25, -0.2) is 4.79 Å². The van der Waals surface area contributed by atoms with Gasteiger partial charge in [0.15, 0.2) is 6.10 Å². The number of hydrogen-bond acceptors (Lipinski definition) is 5. The van der Waals surface area contributed by atoms with Gasteiger partial charge in [-0.2, -0.15) is 0 Å². The summed E-state index contributed by atoms with van der Waals surface area (Å²) in [6, 6.07) is 6.04. The van der Waals surface area contributed by atoms with Crippen LogP contribution in [0, 0.1) is 10.1 Å². The molecule has 0 heterocycles. The minimum atomic E-state index is -0.882.